The second-order valence-corrected chi connectivity index (χ2v) is 3.25. The maximum absolute atomic E-state index is 9.97. The fraction of sp³-hybridized carbons (Fsp3) is 0.417. The van der Waals surface area contributed by atoms with Gasteiger partial charge in [0.2, 0.25) is 0 Å². The molecule has 1 aromatic carbocycles. The van der Waals surface area contributed by atoms with Gasteiger partial charge in [-0.1, -0.05) is 0 Å². The maximum atomic E-state index is 9.97. The van der Waals surface area contributed by atoms with Crippen LogP contribution in [0.25, 0.3) is 0 Å². The Kier molecular flexibility index (Phi) is 5.19. The zero-order valence-electron chi connectivity index (χ0n) is 9.56. The van der Waals surface area contributed by atoms with Crippen molar-refractivity contribution in [2.24, 2.45) is 0 Å². The Morgan fingerprint density at radius 1 is 1.25 bits per heavy atom. The topological polar surface area (TPSA) is 44.8 Å². The molecule has 0 saturated heterocycles. The van der Waals surface area contributed by atoms with Crippen LogP contribution in [0.3, 0.4) is 0 Å². The second-order valence-electron chi connectivity index (χ2n) is 3.25. The number of methoxy groups -OCH3 is 2. The van der Waals surface area contributed by atoms with E-state index in [-0.39, 0.29) is 0 Å². The van der Waals surface area contributed by atoms with Gasteiger partial charge in [0.1, 0.15) is 11.5 Å². The maximum Gasteiger partial charge on any atom is 0.293 e. The van der Waals surface area contributed by atoms with Gasteiger partial charge >= 0.3 is 0 Å². The molecule has 0 aliphatic heterocycles. The van der Waals surface area contributed by atoms with Gasteiger partial charge in [-0.2, -0.15) is 0 Å². The summed E-state index contributed by atoms with van der Waals surface area (Å²) in [6.07, 6.45) is 1.55. The summed E-state index contributed by atoms with van der Waals surface area (Å²) in [6.45, 7) is 0.882. The van der Waals surface area contributed by atoms with E-state index in [1.165, 1.54) is 0 Å². The molecule has 0 unspecified atom stereocenters. The van der Waals surface area contributed by atoms with Crippen LogP contribution < -0.4 is 9.47 Å². The zero-order valence-corrected chi connectivity index (χ0v) is 9.56. The zero-order chi connectivity index (χ0) is 11.8. The molecule has 0 aromatic heterocycles. The number of rotatable bonds is 7. The van der Waals surface area contributed by atoms with Crippen molar-refractivity contribution in [2.75, 3.05) is 20.8 Å². The molecule has 0 aliphatic carbocycles. The standard InChI is InChI=1S/C12H16O4/c1-14-11-5-6-12(15-2)10(8-11)4-3-7-16-9-13/h5-6,8-9H,3-4,7H2,1-2H3. The largest absolute Gasteiger partial charge is 0.497 e. The Morgan fingerprint density at radius 3 is 2.69 bits per heavy atom. The van der Waals surface area contributed by atoms with Gasteiger partial charge in [-0.05, 0) is 36.6 Å². The van der Waals surface area contributed by atoms with Crippen LogP contribution in [0.15, 0.2) is 18.2 Å². The minimum absolute atomic E-state index is 0.421. The molecule has 16 heavy (non-hydrogen) atoms. The van der Waals surface area contributed by atoms with E-state index in [2.05, 4.69) is 4.74 Å². The third-order valence-electron chi connectivity index (χ3n) is 2.26. The van der Waals surface area contributed by atoms with Crippen LogP contribution in [-0.2, 0) is 16.0 Å². The predicted molar refractivity (Wildman–Crippen MR) is 59.9 cm³/mol. The smallest absolute Gasteiger partial charge is 0.293 e. The summed E-state index contributed by atoms with van der Waals surface area (Å²) in [5.74, 6) is 1.62. The summed E-state index contributed by atoms with van der Waals surface area (Å²) in [5.41, 5.74) is 1.05. The molecule has 88 valence electrons. The normalized spacial score (nSPS) is 9.62. The predicted octanol–water partition coefficient (Wildman–Crippen LogP) is 1.81. The minimum Gasteiger partial charge on any atom is -0.497 e. The summed E-state index contributed by atoms with van der Waals surface area (Å²) in [5, 5.41) is 0. The van der Waals surface area contributed by atoms with Crippen molar-refractivity contribution in [1.82, 2.24) is 0 Å². The van der Waals surface area contributed by atoms with Crippen molar-refractivity contribution in [3.05, 3.63) is 23.8 Å². The Balaban J connectivity index is 2.63. The molecule has 0 atom stereocenters. The Bertz CT molecular complexity index is 336. The van der Waals surface area contributed by atoms with Crippen LogP contribution >= 0.6 is 0 Å². The lowest BCUT2D eigenvalue weighted by Crippen LogP contribution is -1.98. The van der Waals surface area contributed by atoms with E-state index in [1.54, 1.807) is 14.2 Å². The molecule has 0 aliphatic rings. The highest BCUT2D eigenvalue weighted by Crippen LogP contribution is 2.24. The summed E-state index contributed by atoms with van der Waals surface area (Å²) < 4.78 is 15.0. The van der Waals surface area contributed by atoms with Crippen LogP contribution in [0.4, 0.5) is 0 Å². The molecule has 0 radical (unpaired) electrons. The van der Waals surface area contributed by atoms with E-state index in [0.717, 1.165) is 29.9 Å². The molecule has 4 heteroatoms. The number of aryl methyl sites for hydroxylation is 1. The molecule has 1 aromatic rings. The van der Waals surface area contributed by atoms with Gasteiger partial charge in [-0.25, -0.2) is 0 Å². The average Bonchev–Trinajstić information content (AvgIpc) is 2.34. The lowest BCUT2D eigenvalue weighted by atomic mass is 10.1. The van der Waals surface area contributed by atoms with E-state index in [4.69, 9.17) is 9.47 Å². The molecule has 0 fully saturated rings. The summed E-state index contributed by atoms with van der Waals surface area (Å²) in [7, 11) is 3.26. The van der Waals surface area contributed by atoms with Gasteiger partial charge in [-0.3, -0.25) is 4.79 Å². The molecule has 0 bridgehead atoms. The summed E-state index contributed by atoms with van der Waals surface area (Å²) in [6, 6.07) is 5.65. The lowest BCUT2D eigenvalue weighted by molar-refractivity contribution is -0.128. The minimum atomic E-state index is 0.421. The number of hydrogen-bond acceptors (Lipinski definition) is 4. The average molecular weight is 224 g/mol. The lowest BCUT2D eigenvalue weighted by Gasteiger charge is -2.09. The van der Waals surface area contributed by atoms with Crippen molar-refractivity contribution in [3.63, 3.8) is 0 Å². The molecule has 0 amide bonds. The SMILES string of the molecule is COc1ccc(OC)c(CCCOC=O)c1. The van der Waals surface area contributed by atoms with Gasteiger partial charge in [0, 0.05) is 0 Å². The Hall–Kier alpha value is -1.71. The first kappa shape index (κ1) is 12.4. The summed E-state index contributed by atoms with van der Waals surface area (Å²) >= 11 is 0. The van der Waals surface area contributed by atoms with Gasteiger partial charge in [0.05, 0.1) is 20.8 Å². The quantitative estimate of drug-likeness (QED) is 0.523. The molecular weight excluding hydrogens is 208 g/mol. The van der Waals surface area contributed by atoms with E-state index in [0.29, 0.717) is 13.1 Å². The van der Waals surface area contributed by atoms with Gasteiger partial charge in [0.15, 0.2) is 0 Å². The van der Waals surface area contributed by atoms with Gasteiger partial charge in [0.25, 0.3) is 6.47 Å². The number of carbonyl (C=O) groups is 1. The van der Waals surface area contributed by atoms with Crippen molar-refractivity contribution in [1.29, 1.82) is 0 Å². The highest BCUT2D eigenvalue weighted by Gasteiger charge is 2.04. The van der Waals surface area contributed by atoms with Crippen LogP contribution in [-0.4, -0.2) is 27.3 Å². The fourth-order valence-corrected chi connectivity index (χ4v) is 1.47. The first-order valence-corrected chi connectivity index (χ1v) is 5.08. The molecule has 0 N–H and O–H groups in total. The first-order valence-electron chi connectivity index (χ1n) is 5.08. The highest BCUT2D eigenvalue weighted by atomic mass is 16.5. The number of carbonyl (C=O) groups excluding carboxylic acids is 1. The van der Waals surface area contributed by atoms with E-state index in [9.17, 15) is 4.79 Å². The molecule has 4 nitrogen and oxygen atoms in total. The van der Waals surface area contributed by atoms with E-state index in [1.807, 2.05) is 18.2 Å². The van der Waals surface area contributed by atoms with Crippen LogP contribution in [0.2, 0.25) is 0 Å². The van der Waals surface area contributed by atoms with E-state index >= 15 is 0 Å². The number of hydrogen-bond donors (Lipinski definition) is 0. The van der Waals surface area contributed by atoms with Gasteiger partial charge < -0.3 is 14.2 Å². The highest BCUT2D eigenvalue weighted by molar-refractivity contribution is 5.40. The van der Waals surface area contributed by atoms with Crippen LogP contribution in [0.5, 0.6) is 11.5 Å². The van der Waals surface area contributed by atoms with Gasteiger partial charge in [-0.15, -0.1) is 0 Å². The van der Waals surface area contributed by atoms with Crippen molar-refractivity contribution in [2.45, 2.75) is 12.8 Å². The van der Waals surface area contributed by atoms with Crippen molar-refractivity contribution < 1.29 is 19.0 Å². The third-order valence-corrected chi connectivity index (χ3v) is 2.26. The molecular formula is C12H16O4. The molecule has 0 saturated carbocycles. The van der Waals surface area contributed by atoms with E-state index < -0.39 is 0 Å². The number of benzene rings is 1. The molecule has 0 spiro atoms. The van der Waals surface area contributed by atoms with Crippen molar-refractivity contribution in [3.8, 4) is 11.5 Å². The van der Waals surface area contributed by atoms with Crippen LogP contribution in [0.1, 0.15) is 12.0 Å². The number of ether oxygens (including phenoxy) is 3. The monoisotopic (exact) mass is 224 g/mol. The third kappa shape index (κ3) is 3.46. The molecule has 0 heterocycles. The Morgan fingerprint density at radius 2 is 2.06 bits per heavy atom. The summed E-state index contributed by atoms with van der Waals surface area (Å²) in [4.78, 5) is 9.97. The second kappa shape index (κ2) is 6.71. The first-order chi connectivity index (χ1) is 7.81. The molecule has 1 rings (SSSR count). The van der Waals surface area contributed by atoms with Crippen LogP contribution in [0, 0.1) is 0 Å². The fourth-order valence-electron chi connectivity index (χ4n) is 1.47. The Labute approximate surface area is 95.1 Å². The van der Waals surface area contributed by atoms with Crippen molar-refractivity contribution >= 4 is 6.47 Å².